The van der Waals surface area contributed by atoms with Crippen molar-refractivity contribution in [2.45, 2.75) is 116 Å². The molecule has 3 fully saturated rings. The van der Waals surface area contributed by atoms with E-state index in [2.05, 4.69) is 5.16 Å². The van der Waals surface area contributed by atoms with Gasteiger partial charge in [0.15, 0.2) is 23.2 Å². The van der Waals surface area contributed by atoms with Crippen LogP contribution in [0.15, 0.2) is 34.9 Å². The molecule has 0 amide bonds. The van der Waals surface area contributed by atoms with Gasteiger partial charge in [-0.1, -0.05) is 56.6 Å². The van der Waals surface area contributed by atoms with E-state index in [1.807, 2.05) is 46.8 Å². The predicted octanol–water partition coefficient (Wildman–Crippen LogP) is 5.28. The van der Waals surface area contributed by atoms with E-state index in [1.54, 1.807) is 25.1 Å². The van der Waals surface area contributed by atoms with E-state index in [0.29, 0.717) is 35.7 Å². The summed E-state index contributed by atoms with van der Waals surface area (Å²) in [6, 6.07) is 9.01. The lowest BCUT2D eigenvalue weighted by Gasteiger charge is -2.71. The van der Waals surface area contributed by atoms with Crippen molar-refractivity contribution >= 4 is 23.4 Å². The summed E-state index contributed by atoms with van der Waals surface area (Å²) in [6.45, 7) is 12.4. The van der Waals surface area contributed by atoms with E-state index < -0.39 is 63.6 Å². The number of aromatic nitrogens is 1. The fraction of sp³-hybridized carbons (Fsp3) is 0.656. The lowest BCUT2D eigenvalue weighted by molar-refractivity contribution is -0.378. The van der Waals surface area contributed by atoms with Crippen LogP contribution in [0.5, 0.6) is 0 Å². The SMILES string of the molecule is CC[C@@]1(C)CC(=O)[C@]2(O)[C@@]3(C)[C@@H](OCc4cc(-c5ccc(Cl)cc5)no4)CCC(C)(C)[C@@H]3[C@H](O)[C@H](OC(C)=O)[C@@]2(C)O1. The topological polar surface area (TPSA) is 128 Å². The zero-order valence-corrected chi connectivity index (χ0v) is 26.2. The van der Waals surface area contributed by atoms with E-state index in [9.17, 15) is 19.8 Å². The van der Waals surface area contributed by atoms with Crippen LogP contribution in [0.4, 0.5) is 0 Å². The smallest absolute Gasteiger partial charge is 0.303 e. The highest BCUT2D eigenvalue weighted by Crippen LogP contribution is 2.67. The lowest BCUT2D eigenvalue weighted by Crippen LogP contribution is -2.87. The van der Waals surface area contributed by atoms with Crippen molar-refractivity contribution < 1.29 is 38.5 Å². The number of hydrogen-bond donors (Lipinski definition) is 2. The largest absolute Gasteiger partial charge is 0.457 e. The van der Waals surface area contributed by atoms with Crippen LogP contribution in [-0.4, -0.2) is 62.2 Å². The van der Waals surface area contributed by atoms with Crippen molar-refractivity contribution in [1.29, 1.82) is 0 Å². The van der Waals surface area contributed by atoms with Gasteiger partial charge in [0.05, 0.1) is 17.8 Å². The summed E-state index contributed by atoms with van der Waals surface area (Å²) < 4.78 is 24.4. The number of fused-ring (bicyclic) bond motifs is 3. The summed E-state index contributed by atoms with van der Waals surface area (Å²) in [7, 11) is 0. The molecule has 3 aliphatic rings. The van der Waals surface area contributed by atoms with Crippen molar-refractivity contribution in [3.05, 3.63) is 41.1 Å². The molecule has 1 saturated heterocycles. The quantitative estimate of drug-likeness (QED) is 0.424. The number of halogens is 1. The molecular weight excluding hydrogens is 562 g/mol. The molecule has 2 aliphatic carbocycles. The Morgan fingerprint density at radius 1 is 1.17 bits per heavy atom. The highest BCUT2D eigenvalue weighted by molar-refractivity contribution is 6.30. The first-order valence-electron chi connectivity index (χ1n) is 14.7. The van der Waals surface area contributed by atoms with Crippen LogP contribution in [0.1, 0.15) is 79.9 Å². The molecule has 230 valence electrons. The Labute approximate surface area is 251 Å². The Morgan fingerprint density at radius 2 is 1.83 bits per heavy atom. The minimum atomic E-state index is -2.14. The number of ether oxygens (including phenoxy) is 3. The molecular formula is C32H42ClNO8. The molecule has 2 saturated carbocycles. The number of aliphatic hydroxyl groups is 2. The second kappa shape index (κ2) is 10.4. The molecule has 1 aromatic carbocycles. The van der Waals surface area contributed by atoms with Crippen molar-refractivity contribution in [2.75, 3.05) is 0 Å². The summed E-state index contributed by atoms with van der Waals surface area (Å²) in [5.74, 6) is -1.25. The maximum atomic E-state index is 14.3. The molecule has 1 aromatic heterocycles. The van der Waals surface area contributed by atoms with Crippen LogP contribution in [-0.2, 0) is 30.4 Å². The molecule has 5 rings (SSSR count). The second-order valence-corrected chi connectivity index (χ2v) is 14.1. The molecule has 0 unspecified atom stereocenters. The molecule has 8 atom stereocenters. The maximum Gasteiger partial charge on any atom is 0.303 e. The number of carbonyl (C=O) groups excluding carboxylic acids is 2. The molecule has 2 heterocycles. The van der Waals surface area contributed by atoms with Gasteiger partial charge in [0.2, 0.25) is 0 Å². The Kier molecular flexibility index (Phi) is 7.71. The third-order valence-corrected chi connectivity index (χ3v) is 10.7. The van der Waals surface area contributed by atoms with Gasteiger partial charge in [0, 0.05) is 41.3 Å². The van der Waals surface area contributed by atoms with Crippen molar-refractivity contribution in [2.24, 2.45) is 16.7 Å². The van der Waals surface area contributed by atoms with Crippen LogP contribution >= 0.6 is 11.6 Å². The Bertz CT molecular complexity index is 1360. The molecule has 1 aliphatic heterocycles. The van der Waals surface area contributed by atoms with Gasteiger partial charge < -0.3 is 28.9 Å². The first-order valence-corrected chi connectivity index (χ1v) is 15.0. The minimum absolute atomic E-state index is 0.0273. The monoisotopic (exact) mass is 603 g/mol. The van der Waals surface area contributed by atoms with Crippen LogP contribution in [0.25, 0.3) is 11.3 Å². The standard InChI is InChI=1S/C32H42ClNO8/c1-8-29(5)16-23(36)32(38)30(6)24(39-17-21-15-22(34-41-21)19-9-11-20(33)12-10-19)13-14-28(3,4)26(30)25(37)27(40-18(2)35)31(32,7)42-29/h9-12,15,24-27,37-38H,8,13-14,16-17H2,1-7H3/t24-,25-,26-,27-,29-,30-,31+,32-/m0/s1. The maximum absolute atomic E-state index is 14.3. The van der Waals surface area contributed by atoms with E-state index in [0.717, 1.165) is 5.56 Å². The van der Waals surface area contributed by atoms with Gasteiger partial charge in [-0.3, -0.25) is 9.59 Å². The van der Waals surface area contributed by atoms with Gasteiger partial charge in [0.25, 0.3) is 0 Å². The fourth-order valence-electron chi connectivity index (χ4n) is 8.35. The minimum Gasteiger partial charge on any atom is -0.457 e. The Morgan fingerprint density at radius 3 is 2.45 bits per heavy atom. The van der Waals surface area contributed by atoms with Gasteiger partial charge in [0.1, 0.15) is 17.9 Å². The highest BCUT2D eigenvalue weighted by atomic mass is 35.5. The van der Waals surface area contributed by atoms with Gasteiger partial charge in [-0.15, -0.1) is 0 Å². The van der Waals surface area contributed by atoms with Gasteiger partial charge in [-0.2, -0.15) is 0 Å². The number of rotatable bonds is 6. The number of aliphatic hydroxyl groups excluding tert-OH is 1. The van der Waals surface area contributed by atoms with Crippen LogP contribution in [0, 0.1) is 16.7 Å². The summed E-state index contributed by atoms with van der Waals surface area (Å²) in [5.41, 5.74) is -5.20. The molecule has 0 radical (unpaired) electrons. The Hall–Kier alpha value is -2.30. The number of Topliss-reactive ketones (excluding diaryl/α,β-unsaturated/α-hetero) is 1. The number of hydrogen-bond acceptors (Lipinski definition) is 9. The third kappa shape index (κ3) is 4.54. The Balaban J connectivity index is 1.55. The first kappa shape index (κ1) is 31.1. The summed E-state index contributed by atoms with van der Waals surface area (Å²) >= 11 is 6.02. The lowest BCUT2D eigenvalue weighted by atomic mass is 9.39. The van der Waals surface area contributed by atoms with Crippen LogP contribution < -0.4 is 0 Å². The molecule has 42 heavy (non-hydrogen) atoms. The van der Waals surface area contributed by atoms with Crippen molar-refractivity contribution in [3.63, 3.8) is 0 Å². The van der Waals surface area contributed by atoms with E-state index >= 15 is 0 Å². The van der Waals surface area contributed by atoms with E-state index in [-0.39, 0.29) is 13.0 Å². The summed E-state index contributed by atoms with van der Waals surface area (Å²) in [4.78, 5) is 26.6. The zero-order chi connectivity index (χ0) is 30.9. The van der Waals surface area contributed by atoms with Crippen LogP contribution in [0.3, 0.4) is 0 Å². The first-order chi connectivity index (χ1) is 19.5. The van der Waals surface area contributed by atoms with Gasteiger partial charge >= 0.3 is 5.97 Å². The number of ketones is 1. The average molecular weight is 604 g/mol. The molecule has 10 heteroatoms. The van der Waals surface area contributed by atoms with Crippen molar-refractivity contribution in [1.82, 2.24) is 5.16 Å². The second-order valence-electron chi connectivity index (χ2n) is 13.6. The predicted molar refractivity (Wildman–Crippen MR) is 154 cm³/mol. The van der Waals surface area contributed by atoms with Gasteiger partial charge in [-0.05, 0) is 50.7 Å². The fourth-order valence-corrected chi connectivity index (χ4v) is 8.47. The molecule has 0 spiro atoms. The van der Waals surface area contributed by atoms with E-state index in [4.69, 9.17) is 30.3 Å². The van der Waals surface area contributed by atoms with Crippen molar-refractivity contribution in [3.8, 4) is 11.3 Å². The number of esters is 1. The molecule has 2 N–H and O–H groups in total. The van der Waals surface area contributed by atoms with Gasteiger partial charge in [-0.25, -0.2) is 0 Å². The number of carbonyl (C=O) groups is 2. The third-order valence-electron chi connectivity index (χ3n) is 10.5. The van der Waals surface area contributed by atoms with E-state index in [1.165, 1.54) is 6.92 Å². The molecule has 2 aromatic rings. The average Bonchev–Trinajstić information content (AvgIpc) is 3.38. The molecule has 0 bridgehead atoms. The molecule has 9 nitrogen and oxygen atoms in total. The summed E-state index contributed by atoms with van der Waals surface area (Å²) in [6.07, 6.45) is -1.57. The van der Waals surface area contributed by atoms with Crippen LogP contribution in [0.2, 0.25) is 5.02 Å². The number of nitrogens with zero attached hydrogens (tertiary/aromatic N) is 1. The zero-order valence-electron chi connectivity index (χ0n) is 25.4. The summed E-state index contributed by atoms with van der Waals surface area (Å²) in [5, 5.41) is 29.7. The number of benzene rings is 1. The normalized spacial score (nSPS) is 39.3. The highest BCUT2D eigenvalue weighted by Gasteiger charge is 2.81.